The molecule has 0 N–H and O–H groups in total. The quantitative estimate of drug-likeness (QED) is 0.162. The summed E-state index contributed by atoms with van der Waals surface area (Å²) in [5.74, 6) is 2.02. The average molecular weight is 774 g/mol. The number of fused-ring (bicyclic) bond motifs is 10. The number of para-hydroxylation sites is 3. The van der Waals surface area contributed by atoms with Crippen LogP contribution < -0.4 is 0 Å². The second kappa shape index (κ2) is 13.6. The molecule has 0 fully saturated rings. The summed E-state index contributed by atoms with van der Waals surface area (Å²) < 4.78 is 7.47. The molecule has 0 aliphatic carbocycles. The molecule has 8 aromatic carbocycles. The van der Waals surface area contributed by atoms with Crippen LogP contribution in [0, 0.1) is 0 Å². The van der Waals surface area contributed by atoms with E-state index in [1.807, 2.05) is 47.7 Å². The summed E-state index contributed by atoms with van der Waals surface area (Å²) in [6.07, 6.45) is 0.890. The van der Waals surface area contributed by atoms with Gasteiger partial charge in [-0.2, -0.15) is 0 Å². The number of aryl methyl sites for hydroxylation is 2. The molecule has 0 radical (unpaired) electrons. The zero-order valence-electron chi connectivity index (χ0n) is 32.0. The van der Waals surface area contributed by atoms with Gasteiger partial charge >= 0.3 is 0 Å². The molecule has 0 spiro atoms. The normalized spacial score (nSPS) is 11.9. The Morgan fingerprint density at radius 2 is 0.983 bits per heavy atom. The maximum absolute atomic E-state index is 5.09. The van der Waals surface area contributed by atoms with Gasteiger partial charge in [-0.25, -0.2) is 15.0 Å². The van der Waals surface area contributed by atoms with Crippen molar-refractivity contribution in [3.05, 3.63) is 194 Å². The third kappa shape index (κ3) is 5.48. The summed E-state index contributed by atoms with van der Waals surface area (Å²) in [7, 11) is 0. The molecule has 4 heterocycles. The Balaban J connectivity index is 0.980. The molecule has 0 saturated carbocycles. The highest BCUT2D eigenvalue weighted by Gasteiger charge is 2.21. The Morgan fingerprint density at radius 3 is 1.69 bits per heavy atom. The Morgan fingerprint density at radius 1 is 0.424 bits per heavy atom. The van der Waals surface area contributed by atoms with Gasteiger partial charge in [0.2, 0.25) is 0 Å². The molecule has 278 valence electrons. The Hall–Kier alpha value is -7.41. The van der Waals surface area contributed by atoms with Crippen LogP contribution in [0.5, 0.6) is 0 Å². The molecule has 0 aliphatic rings. The van der Waals surface area contributed by atoms with E-state index in [2.05, 4.69) is 161 Å². The molecule has 5 nitrogen and oxygen atoms in total. The maximum atomic E-state index is 5.09. The monoisotopic (exact) mass is 773 g/mol. The molecule has 0 atom stereocenters. The van der Waals surface area contributed by atoms with Crippen molar-refractivity contribution in [2.24, 2.45) is 0 Å². The topological polar surface area (TPSA) is 48.5 Å². The van der Waals surface area contributed by atoms with E-state index in [0.29, 0.717) is 17.5 Å². The number of hydrogen-bond acceptors (Lipinski definition) is 4. The summed E-state index contributed by atoms with van der Waals surface area (Å²) in [5, 5.41) is 7.58. The van der Waals surface area contributed by atoms with Gasteiger partial charge in [-0.05, 0) is 48.4 Å². The number of hydrogen-bond donors (Lipinski definition) is 0. The van der Waals surface area contributed by atoms with Crippen molar-refractivity contribution in [2.45, 2.75) is 13.0 Å². The number of benzene rings is 8. The second-order valence-electron chi connectivity index (χ2n) is 15.1. The SMILES string of the molecule is c1ccc(-c2nc(-c3ccccc3)nc(-c3cccc4c3sc3cc(CCn5c6ccccc6c6ccc7c8ccccc8n(-c8ccccc8)c7c65)ccc34)n2)cc1. The first-order chi connectivity index (χ1) is 29.3. The lowest BCUT2D eigenvalue weighted by molar-refractivity contribution is 0.746. The summed E-state index contributed by atoms with van der Waals surface area (Å²) >= 11 is 1.82. The van der Waals surface area contributed by atoms with Gasteiger partial charge < -0.3 is 9.13 Å². The molecular weight excluding hydrogens is 739 g/mol. The molecule has 59 heavy (non-hydrogen) atoms. The van der Waals surface area contributed by atoms with E-state index < -0.39 is 0 Å². The lowest BCUT2D eigenvalue weighted by Gasteiger charge is -2.12. The van der Waals surface area contributed by atoms with Crippen molar-refractivity contribution in [1.82, 2.24) is 24.1 Å². The highest BCUT2D eigenvalue weighted by Crippen LogP contribution is 2.42. The van der Waals surface area contributed by atoms with Gasteiger partial charge in [-0.15, -0.1) is 11.3 Å². The zero-order valence-corrected chi connectivity index (χ0v) is 32.8. The van der Waals surface area contributed by atoms with E-state index in [0.717, 1.165) is 29.7 Å². The smallest absolute Gasteiger partial charge is 0.165 e. The largest absolute Gasteiger partial charge is 0.338 e. The zero-order chi connectivity index (χ0) is 38.9. The van der Waals surface area contributed by atoms with Crippen LogP contribution in [0.15, 0.2) is 188 Å². The fourth-order valence-electron chi connectivity index (χ4n) is 9.01. The van der Waals surface area contributed by atoms with E-state index in [1.165, 1.54) is 75.0 Å². The number of nitrogens with zero attached hydrogens (tertiary/aromatic N) is 5. The summed E-state index contributed by atoms with van der Waals surface area (Å²) in [6, 6.07) is 67.0. The molecule has 0 aliphatic heterocycles. The van der Waals surface area contributed by atoms with Crippen molar-refractivity contribution in [3.63, 3.8) is 0 Å². The first kappa shape index (κ1) is 33.7. The van der Waals surface area contributed by atoms with Crippen LogP contribution in [0.25, 0.3) is 104 Å². The van der Waals surface area contributed by atoms with Gasteiger partial charge in [-0.3, -0.25) is 0 Å². The third-order valence-corrected chi connectivity index (χ3v) is 12.9. The first-order valence-corrected chi connectivity index (χ1v) is 20.9. The fraction of sp³-hybridized carbons (Fsp3) is 0.0377. The van der Waals surface area contributed by atoms with Crippen molar-refractivity contribution >= 4 is 75.1 Å². The van der Waals surface area contributed by atoms with Gasteiger partial charge in [0.15, 0.2) is 17.5 Å². The Labute approximate surface area is 344 Å². The van der Waals surface area contributed by atoms with E-state index >= 15 is 0 Å². The summed E-state index contributed by atoms with van der Waals surface area (Å²) in [4.78, 5) is 15.1. The molecule has 4 aromatic heterocycles. The van der Waals surface area contributed by atoms with Gasteiger partial charge in [0.1, 0.15) is 0 Å². The van der Waals surface area contributed by atoms with Crippen LogP contribution in [-0.4, -0.2) is 24.1 Å². The average Bonchev–Trinajstić information content (AvgIpc) is 3.96. The van der Waals surface area contributed by atoms with Crippen LogP contribution in [0.3, 0.4) is 0 Å². The van der Waals surface area contributed by atoms with Crippen LogP contribution in [-0.2, 0) is 13.0 Å². The van der Waals surface area contributed by atoms with Crippen molar-refractivity contribution in [1.29, 1.82) is 0 Å². The minimum Gasteiger partial charge on any atom is -0.338 e. The Bertz CT molecular complexity index is 3490. The highest BCUT2D eigenvalue weighted by molar-refractivity contribution is 7.26. The van der Waals surface area contributed by atoms with Crippen molar-refractivity contribution in [3.8, 4) is 39.9 Å². The van der Waals surface area contributed by atoms with Gasteiger partial charge in [-0.1, -0.05) is 152 Å². The van der Waals surface area contributed by atoms with E-state index in [1.54, 1.807) is 0 Å². The van der Waals surface area contributed by atoms with Crippen LogP contribution in [0.4, 0.5) is 0 Å². The molecule has 0 unspecified atom stereocenters. The summed E-state index contributed by atoms with van der Waals surface area (Å²) in [5.41, 5.74) is 10.4. The number of rotatable bonds is 7. The maximum Gasteiger partial charge on any atom is 0.165 e. The number of aromatic nitrogens is 5. The molecule has 12 aromatic rings. The predicted octanol–water partition coefficient (Wildman–Crippen LogP) is 13.7. The van der Waals surface area contributed by atoms with E-state index in [9.17, 15) is 0 Å². The van der Waals surface area contributed by atoms with Gasteiger partial charge in [0.25, 0.3) is 0 Å². The molecule has 0 bridgehead atoms. The molecule has 12 rings (SSSR count). The standard InChI is InChI=1S/C53H35N5S/c1-4-15-35(16-5-1)51-54-52(36-17-6-2-7-18-36)56-53(55-51)44-24-14-23-43-40-28-27-34(33-47(40)59-50(43)44)31-32-57-45-25-12-10-21-38(45)41-29-30-42-39-22-11-13-26-46(39)58(49(42)48(41)57)37-19-8-3-9-20-37/h1-30,33H,31-32H2. The molecular formula is C53H35N5S. The Kier molecular flexibility index (Phi) is 7.78. The molecule has 0 saturated heterocycles. The predicted molar refractivity (Wildman–Crippen MR) is 247 cm³/mol. The first-order valence-electron chi connectivity index (χ1n) is 20.1. The summed E-state index contributed by atoms with van der Waals surface area (Å²) in [6.45, 7) is 0.844. The second-order valence-corrected chi connectivity index (χ2v) is 16.2. The van der Waals surface area contributed by atoms with E-state index in [-0.39, 0.29) is 0 Å². The lowest BCUT2D eigenvalue weighted by atomic mass is 10.1. The number of thiophene rings is 1. The van der Waals surface area contributed by atoms with Crippen LogP contribution in [0.1, 0.15) is 5.56 Å². The molecule has 0 amide bonds. The fourth-order valence-corrected chi connectivity index (χ4v) is 10.3. The van der Waals surface area contributed by atoms with Crippen LogP contribution in [0.2, 0.25) is 0 Å². The molecule has 6 heteroatoms. The highest BCUT2D eigenvalue weighted by atomic mass is 32.1. The minimum atomic E-state index is 0.668. The third-order valence-electron chi connectivity index (χ3n) is 11.7. The van der Waals surface area contributed by atoms with Gasteiger partial charge in [0, 0.05) is 76.2 Å². The van der Waals surface area contributed by atoms with Crippen molar-refractivity contribution < 1.29 is 0 Å². The van der Waals surface area contributed by atoms with E-state index in [4.69, 9.17) is 15.0 Å². The van der Waals surface area contributed by atoms with Gasteiger partial charge in [0.05, 0.1) is 16.6 Å². The van der Waals surface area contributed by atoms with Crippen molar-refractivity contribution in [2.75, 3.05) is 0 Å². The minimum absolute atomic E-state index is 0.668. The lowest BCUT2D eigenvalue weighted by Crippen LogP contribution is -2.03. The van der Waals surface area contributed by atoms with Crippen LogP contribution >= 0.6 is 11.3 Å².